The molecule has 142 valence electrons. The number of piperidine rings is 1. The van der Waals surface area contributed by atoms with E-state index in [1.54, 1.807) is 0 Å². The highest BCUT2D eigenvalue weighted by molar-refractivity contribution is 5.81. The average molecular weight is 368 g/mol. The first-order valence-corrected chi connectivity index (χ1v) is 10.1. The molecule has 8 atom stereocenters. The van der Waals surface area contributed by atoms with Crippen molar-refractivity contribution in [2.45, 2.75) is 54.6 Å². The number of carbonyl (C=O) groups is 1. The molecular formula is C21H24N2O4. The van der Waals surface area contributed by atoms with E-state index < -0.39 is 11.6 Å². The molecule has 2 bridgehead atoms. The number of fused-ring (bicyclic) bond motifs is 4. The number of methoxy groups -OCH3 is 1. The van der Waals surface area contributed by atoms with Crippen LogP contribution in [0, 0.1) is 11.3 Å². The molecule has 0 radical (unpaired) electrons. The summed E-state index contributed by atoms with van der Waals surface area (Å²) < 4.78 is 11.4. The van der Waals surface area contributed by atoms with Crippen molar-refractivity contribution < 1.29 is 19.4 Å². The Kier molecular flexibility index (Phi) is 2.46. The number of epoxide rings is 1. The first-order valence-electron chi connectivity index (χ1n) is 10.1. The lowest BCUT2D eigenvalue weighted by Crippen LogP contribution is -2.82. The molecule has 8 rings (SSSR count). The molecule has 6 nitrogen and oxygen atoms in total. The van der Waals surface area contributed by atoms with Crippen LogP contribution >= 0.6 is 0 Å². The van der Waals surface area contributed by atoms with Crippen molar-refractivity contribution in [2.24, 2.45) is 11.3 Å². The molecule has 4 aliphatic heterocycles. The molecule has 6 heteroatoms. The number of hydrogen-bond donors (Lipinski definition) is 2. The van der Waals surface area contributed by atoms with Crippen LogP contribution in [0.25, 0.3) is 0 Å². The number of nitrogens with one attached hydrogen (secondary N) is 1. The lowest BCUT2D eigenvalue weighted by atomic mass is 9.38. The van der Waals surface area contributed by atoms with Gasteiger partial charge in [0.25, 0.3) is 0 Å². The molecule has 1 aromatic carbocycles. The molecular weight excluding hydrogens is 344 g/mol. The maximum atomic E-state index is 13.0. The summed E-state index contributed by atoms with van der Waals surface area (Å²) in [5.41, 5.74) is 1.42. The van der Waals surface area contributed by atoms with E-state index in [1.807, 2.05) is 0 Å². The van der Waals surface area contributed by atoms with Crippen LogP contribution in [0.1, 0.15) is 24.8 Å². The van der Waals surface area contributed by atoms with E-state index >= 15 is 0 Å². The summed E-state index contributed by atoms with van der Waals surface area (Å²) >= 11 is 0. The maximum absolute atomic E-state index is 13.0. The van der Waals surface area contributed by atoms with Gasteiger partial charge in [0.1, 0.15) is 0 Å². The van der Waals surface area contributed by atoms with Crippen LogP contribution in [-0.2, 0) is 19.7 Å². The molecule has 6 fully saturated rings. The van der Waals surface area contributed by atoms with E-state index in [9.17, 15) is 9.90 Å². The second-order valence-electron chi connectivity index (χ2n) is 9.47. The summed E-state index contributed by atoms with van der Waals surface area (Å²) in [6.07, 6.45) is 2.06. The van der Waals surface area contributed by atoms with Crippen LogP contribution in [-0.4, -0.2) is 66.1 Å². The number of carbonyl (C=O) groups excluding carboxylic acids is 1. The van der Waals surface area contributed by atoms with Gasteiger partial charge in [-0.15, -0.1) is 0 Å². The predicted molar refractivity (Wildman–Crippen MR) is 96.3 cm³/mol. The number of nitrogens with zero attached hydrogens (tertiary/aromatic N) is 1. The van der Waals surface area contributed by atoms with Crippen molar-refractivity contribution in [3.63, 3.8) is 0 Å². The molecule has 8 unspecified atom stereocenters. The number of ether oxygens (including phenoxy) is 2. The van der Waals surface area contributed by atoms with Crippen LogP contribution in [0.5, 0.6) is 0 Å². The summed E-state index contributed by atoms with van der Waals surface area (Å²) in [5, 5.41) is 15.2. The zero-order valence-corrected chi connectivity index (χ0v) is 15.4. The molecule has 3 spiro atoms. The summed E-state index contributed by atoms with van der Waals surface area (Å²) in [4.78, 5) is 15.6. The molecule has 3 saturated carbocycles. The van der Waals surface area contributed by atoms with E-state index in [1.165, 1.54) is 12.7 Å². The largest absolute Gasteiger partial charge is 0.469 e. The summed E-state index contributed by atoms with van der Waals surface area (Å²) in [6, 6.07) is 8.73. The number of hydrogen-bond acceptors (Lipinski definition) is 6. The molecule has 27 heavy (non-hydrogen) atoms. The van der Waals surface area contributed by atoms with Gasteiger partial charge in [0.05, 0.1) is 36.9 Å². The first-order chi connectivity index (χ1) is 13.1. The summed E-state index contributed by atoms with van der Waals surface area (Å²) in [7, 11) is 1.49. The summed E-state index contributed by atoms with van der Waals surface area (Å²) in [5.74, 6) is -0.418. The Morgan fingerprint density at radius 3 is 3.07 bits per heavy atom. The molecule has 7 aliphatic rings. The lowest BCUT2D eigenvalue weighted by Gasteiger charge is -2.69. The Bertz CT molecular complexity index is 891. The van der Waals surface area contributed by atoms with Gasteiger partial charge in [-0.25, -0.2) is 0 Å². The molecule has 2 N–H and O–H groups in total. The topological polar surface area (TPSA) is 74.3 Å². The van der Waals surface area contributed by atoms with Crippen LogP contribution in [0.15, 0.2) is 24.3 Å². The van der Waals surface area contributed by atoms with Gasteiger partial charge in [-0.2, -0.15) is 0 Å². The number of esters is 1. The Balaban J connectivity index is 1.55. The van der Waals surface area contributed by atoms with Crippen LogP contribution < -0.4 is 5.32 Å². The van der Waals surface area contributed by atoms with Crippen molar-refractivity contribution in [2.75, 3.05) is 25.5 Å². The fraction of sp³-hybridized carbons (Fsp3) is 0.667. The first kappa shape index (κ1) is 15.3. The SMILES string of the molecule is COC(=O)C1CC23C(O)CC14Nc1ccccc1C41CCN(CC4OC42)C31. The smallest absolute Gasteiger partial charge is 0.311 e. The fourth-order valence-corrected chi connectivity index (χ4v) is 8.31. The third-order valence-electron chi connectivity index (χ3n) is 9.00. The minimum absolute atomic E-state index is 0.0712. The predicted octanol–water partition coefficient (Wildman–Crippen LogP) is 0.888. The minimum Gasteiger partial charge on any atom is -0.469 e. The highest BCUT2D eigenvalue weighted by Gasteiger charge is 2.85. The number of benzene rings is 1. The Hall–Kier alpha value is -1.63. The van der Waals surface area contributed by atoms with Crippen molar-refractivity contribution in [3.8, 4) is 0 Å². The fourth-order valence-electron chi connectivity index (χ4n) is 8.31. The minimum atomic E-state index is -0.480. The van der Waals surface area contributed by atoms with Crippen molar-refractivity contribution in [1.29, 1.82) is 0 Å². The maximum Gasteiger partial charge on any atom is 0.311 e. The standard InChI is InChI=1S/C21H24N2O4/c1-26-17(25)12-8-19-15(24)9-21(12)20(11-4-2-3-5-13(11)22-21)6-7-23(18(19)20)10-14-16(19)27-14/h2-5,12,14-16,18,22,24H,6-10H2,1H3. The van der Waals surface area contributed by atoms with Crippen molar-refractivity contribution in [3.05, 3.63) is 29.8 Å². The van der Waals surface area contributed by atoms with Gasteiger partial charge in [-0.1, -0.05) is 18.2 Å². The van der Waals surface area contributed by atoms with Gasteiger partial charge < -0.3 is 19.9 Å². The Morgan fingerprint density at radius 1 is 1.37 bits per heavy atom. The monoisotopic (exact) mass is 368 g/mol. The molecule has 0 amide bonds. The second-order valence-corrected chi connectivity index (χ2v) is 9.47. The third-order valence-corrected chi connectivity index (χ3v) is 9.00. The van der Waals surface area contributed by atoms with Gasteiger partial charge >= 0.3 is 5.97 Å². The average Bonchev–Trinajstić information content (AvgIpc) is 3.27. The zero-order valence-electron chi connectivity index (χ0n) is 15.4. The lowest BCUT2D eigenvalue weighted by molar-refractivity contribution is -0.202. The Labute approximate surface area is 157 Å². The van der Waals surface area contributed by atoms with E-state index in [-0.39, 0.29) is 41.0 Å². The number of para-hydroxylation sites is 1. The van der Waals surface area contributed by atoms with Gasteiger partial charge in [0.15, 0.2) is 0 Å². The van der Waals surface area contributed by atoms with Crippen molar-refractivity contribution >= 4 is 11.7 Å². The van der Waals surface area contributed by atoms with Gasteiger partial charge in [-0.3, -0.25) is 9.69 Å². The van der Waals surface area contributed by atoms with Gasteiger partial charge in [0, 0.05) is 29.1 Å². The highest BCUT2D eigenvalue weighted by Crippen LogP contribution is 2.76. The number of aliphatic hydroxyl groups excluding tert-OH is 1. The third kappa shape index (κ3) is 1.34. The van der Waals surface area contributed by atoms with Crippen LogP contribution in [0.2, 0.25) is 0 Å². The normalized spacial score (nSPS) is 53.0. The number of aliphatic hydroxyl groups is 1. The van der Waals surface area contributed by atoms with Gasteiger partial charge in [-0.05, 0) is 37.4 Å². The number of rotatable bonds is 1. The Morgan fingerprint density at radius 2 is 2.22 bits per heavy atom. The molecule has 1 aromatic rings. The van der Waals surface area contributed by atoms with E-state index in [4.69, 9.17) is 9.47 Å². The van der Waals surface area contributed by atoms with E-state index in [2.05, 4.69) is 34.5 Å². The molecule has 0 aromatic heterocycles. The van der Waals surface area contributed by atoms with Crippen molar-refractivity contribution in [1.82, 2.24) is 4.90 Å². The zero-order chi connectivity index (χ0) is 18.2. The summed E-state index contributed by atoms with van der Waals surface area (Å²) in [6.45, 7) is 1.95. The van der Waals surface area contributed by atoms with Crippen LogP contribution in [0.4, 0.5) is 5.69 Å². The highest BCUT2D eigenvalue weighted by atomic mass is 16.6. The second kappa shape index (κ2) is 4.34. The molecule has 4 heterocycles. The van der Waals surface area contributed by atoms with E-state index in [0.717, 1.165) is 25.2 Å². The van der Waals surface area contributed by atoms with Crippen LogP contribution in [0.3, 0.4) is 0 Å². The quantitative estimate of drug-likeness (QED) is 0.567. The van der Waals surface area contributed by atoms with Gasteiger partial charge in [0.2, 0.25) is 0 Å². The number of anilines is 1. The molecule has 3 aliphatic carbocycles. The molecule has 3 saturated heterocycles. The van der Waals surface area contributed by atoms with E-state index in [0.29, 0.717) is 12.8 Å².